The number of benzene rings is 1. The third-order valence-corrected chi connectivity index (χ3v) is 2.92. The van der Waals surface area contributed by atoms with Crippen LogP contribution in [-0.2, 0) is 14.9 Å². The second-order valence-corrected chi connectivity index (χ2v) is 5.03. The molecule has 0 bridgehead atoms. The molecular weight excluding hydrogens is 300 g/mol. The minimum Gasteiger partial charge on any atom is -0.743 e. The highest BCUT2D eigenvalue weighted by Gasteiger charge is 2.39. The van der Waals surface area contributed by atoms with Gasteiger partial charge in [0.15, 0.2) is 16.7 Å². The average molecular weight is 310 g/mol. The quantitative estimate of drug-likeness (QED) is 0.824. The molecule has 0 unspecified atom stereocenters. The predicted octanol–water partition coefficient (Wildman–Crippen LogP) is 1.38. The van der Waals surface area contributed by atoms with Gasteiger partial charge in [-0.05, 0) is 24.3 Å². The van der Waals surface area contributed by atoms with E-state index in [1.54, 1.807) is 0 Å². The average Bonchev–Trinajstić information content (AvgIpc) is 2.36. The van der Waals surface area contributed by atoms with Crippen molar-refractivity contribution < 1.29 is 36.0 Å². The Bertz CT molecular complexity index is 572. The number of hydrogen-bond donors (Lipinski definition) is 1. The van der Waals surface area contributed by atoms with Crippen LogP contribution < -0.4 is 10.1 Å². The normalized spacial score (nSPS) is 11.8. The van der Waals surface area contributed by atoms with Crippen molar-refractivity contribution in [3.8, 4) is 5.75 Å². The first kappa shape index (κ1) is 16.1. The number of amides is 1. The second-order valence-electron chi connectivity index (χ2n) is 3.52. The number of ether oxygens (including phenoxy) is 2. The second kappa shape index (κ2) is 6.01. The first-order valence-electron chi connectivity index (χ1n) is 5.07. The summed E-state index contributed by atoms with van der Waals surface area (Å²) in [5.74, 6) is 0.507. The van der Waals surface area contributed by atoms with Gasteiger partial charge in [-0.15, -0.1) is 0 Å². The fraction of sp³-hybridized carbons (Fsp3) is 0.300. The van der Waals surface area contributed by atoms with Crippen LogP contribution in [0.5, 0.6) is 5.75 Å². The number of methoxy groups -OCH3 is 1. The molecule has 1 amide bonds. The maximum absolute atomic E-state index is 12.7. The van der Waals surface area contributed by atoms with Gasteiger partial charge in [0.05, 0.1) is 7.11 Å². The van der Waals surface area contributed by atoms with Crippen molar-refractivity contribution >= 4 is 21.9 Å². The predicted molar refractivity (Wildman–Crippen MR) is 62.6 cm³/mol. The summed E-state index contributed by atoms with van der Waals surface area (Å²) >= 11 is 0. The first-order chi connectivity index (χ1) is 9.15. The third kappa shape index (κ3) is 4.31. The maximum atomic E-state index is 12.7. The summed E-state index contributed by atoms with van der Waals surface area (Å²) in [4.78, 5) is 11.1. The van der Waals surface area contributed by atoms with Crippen LogP contribution in [0, 0.1) is 0 Å². The van der Waals surface area contributed by atoms with Gasteiger partial charge in [-0.3, -0.25) is 5.32 Å². The van der Waals surface area contributed by atoms with E-state index in [9.17, 15) is 26.5 Å². The number of nitrogens with one attached hydrogen (secondary N) is 1. The molecule has 0 saturated carbocycles. The molecule has 1 aromatic carbocycles. The molecule has 0 fully saturated rings. The summed E-state index contributed by atoms with van der Waals surface area (Å²) in [5.41, 5.74) is 0.212. The zero-order valence-corrected chi connectivity index (χ0v) is 10.9. The van der Waals surface area contributed by atoms with Crippen molar-refractivity contribution in [2.24, 2.45) is 0 Å². The lowest BCUT2D eigenvalue weighted by atomic mass is 10.3. The van der Waals surface area contributed by atoms with Gasteiger partial charge < -0.3 is 14.0 Å². The minimum atomic E-state index is -5.88. The smallest absolute Gasteiger partial charge is 0.411 e. The first-order valence-corrected chi connectivity index (χ1v) is 6.47. The van der Waals surface area contributed by atoms with Crippen LogP contribution in [0.1, 0.15) is 0 Å². The number of halogens is 2. The van der Waals surface area contributed by atoms with E-state index in [1.807, 2.05) is 0 Å². The molecule has 0 saturated heterocycles. The molecule has 0 aromatic heterocycles. The molecule has 0 heterocycles. The van der Waals surface area contributed by atoms with Crippen LogP contribution in [0.4, 0.5) is 19.3 Å². The van der Waals surface area contributed by atoms with Crippen LogP contribution >= 0.6 is 0 Å². The zero-order valence-electron chi connectivity index (χ0n) is 10.1. The van der Waals surface area contributed by atoms with Gasteiger partial charge in [-0.1, -0.05) is 0 Å². The van der Waals surface area contributed by atoms with Crippen molar-refractivity contribution in [1.82, 2.24) is 0 Å². The summed E-state index contributed by atoms with van der Waals surface area (Å²) in [5, 5.41) is -2.61. The van der Waals surface area contributed by atoms with Gasteiger partial charge in [-0.2, -0.15) is 8.78 Å². The van der Waals surface area contributed by atoms with E-state index in [0.29, 0.717) is 5.75 Å². The van der Waals surface area contributed by atoms with E-state index in [0.717, 1.165) is 0 Å². The Morgan fingerprint density at radius 3 is 2.35 bits per heavy atom. The van der Waals surface area contributed by atoms with Crippen LogP contribution in [-0.4, -0.2) is 38.0 Å². The number of anilines is 1. The molecule has 1 aromatic rings. The minimum absolute atomic E-state index is 0.212. The Morgan fingerprint density at radius 1 is 1.35 bits per heavy atom. The molecule has 0 aliphatic carbocycles. The number of carbonyl (C=O) groups excluding carboxylic acids is 1. The summed E-state index contributed by atoms with van der Waals surface area (Å²) in [6.45, 7) is -1.86. The van der Waals surface area contributed by atoms with Crippen LogP contribution in [0.25, 0.3) is 0 Å². The van der Waals surface area contributed by atoms with E-state index < -0.39 is 28.1 Å². The highest BCUT2D eigenvalue weighted by atomic mass is 32.2. The topological polar surface area (TPSA) is 105 Å². The van der Waals surface area contributed by atoms with Gasteiger partial charge in [0.1, 0.15) is 5.75 Å². The highest BCUT2D eigenvalue weighted by Crippen LogP contribution is 2.21. The van der Waals surface area contributed by atoms with Crippen LogP contribution in [0.3, 0.4) is 0 Å². The molecular formula is C10H10F2NO6S-. The van der Waals surface area contributed by atoms with Gasteiger partial charge in [0.25, 0.3) is 0 Å². The standard InChI is InChI=1S/C10H11F2NO6S/c1-18-8-4-2-7(3-5-8)13-9(14)19-6-10(11,12)20(15,16)17/h2-5H,6H2,1H3,(H,13,14)(H,15,16,17)/p-1. The van der Waals surface area contributed by atoms with E-state index in [1.165, 1.54) is 31.4 Å². The Balaban J connectivity index is 2.56. The largest absolute Gasteiger partial charge is 0.743 e. The number of alkyl halides is 2. The number of rotatable bonds is 5. The summed E-state index contributed by atoms with van der Waals surface area (Å²) in [6, 6.07) is 5.80. The van der Waals surface area contributed by atoms with Crippen molar-refractivity contribution in [3.05, 3.63) is 24.3 Å². The Hall–Kier alpha value is -1.94. The molecule has 0 aliphatic rings. The van der Waals surface area contributed by atoms with Crippen molar-refractivity contribution in [1.29, 1.82) is 0 Å². The van der Waals surface area contributed by atoms with E-state index in [2.05, 4.69) is 10.1 Å². The third-order valence-electron chi connectivity index (χ3n) is 2.07. The monoisotopic (exact) mass is 310 g/mol. The molecule has 0 spiro atoms. The SMILES string of the molecule is COc1ccc(NC(=O)OCC(F)(F)S(=O)(=O)[O-])cc1. The maximum Gasteiger partial charge on any atom is 0.411 e. The molecule has 1 rings (SSSR count). The molecule has 0 aliphatic heterocycles. The lowest BCUT2D eigenvalue weighted by Gasteiger charge is -2.19. The molecule has 0 radical (unpaired) electrons. The summed E-state index contributed by atoms with van der Waals surface area (Å²) in [7, 11) is -4.45. The molecule has 7 nitrogen and oxygen atoms in total. The van der Waals surface area contributed by atoms with E-state index in [-0.39, 0.29) is 5.69 Å². The van der Waals surface area contributed by atoms with E-state index >= 15 is 0 Å². The fourth-order valence-corrected chi connectivity index (χ4v) is 1.25. The number of hydrogen-bond acceptors (Lipinski definition) is 6. The van der Waals surface area contributed by atoms with Crippen LogP contribution in [0.15, 0.2) is 24.3 Å². The van der Waals surface area contributed by atoms with Crippen molar-refractivity contribution in [2.45, 2.75) is 5.25 Å². The molecule has 1 N–H and O–H groups in total. The van der Waals surface area contributed by atoms with Crippen molar-refractivity contribution in [2.75, 3.05) is 19.0 Å². The van der Waals surface area contributed by atoms with E-state index in [4.69, 9.17) is 4.74 Å². The highest BCUT2D eigenvalue weighted by molar-refractivity contribution is 7.86. The lowest BCUT2D eigenvalue weighted by molar-refractivity contribution is 0.0105. The molecule has 20 heavy (non-hydrogen) atoms. The fourth-order valence-electron chi connectivity index (χ4n) is 1.05. The van der Waals surface area contributed by atoms with Gasteiger partial charge in [0, 0.05) is 5.69 Å². The lowest BCUT2D eigenvalue weighted by Crippen LogP contribution is -2.35. The Morgan fingerprint density at radius 2 is 1.90 bits per heavy atom. The van der Waals surface area contributed by atoms with Gasteiger partial charge >= 0.3 is 11.3 Å². The molecule has 0 atom stereocenters. The Labute approximate surface area is 113 Å². The Kier molecular flexibility index (Phi) is 4.84. The van der Waals surface area contributed by atoms with Gasteiger partial charge in [-0.25, -0.2) is 13.2 Å². The van der Waals surface area contributed by atoms with Gasteiger partial charge in [0.2, 0.25) is 0 Å². The van der Waals surface area contributed by atoms with Crippen molar-refractivity contribution in [3.63, 3.8) is 0 Å². The number of carbonyl (C=O) groups is 1. The summed E-state index contributed by atoms with van der Waals surface area (Å²) < 4.78 is 64.7. The summed E-state index contributed by atoms with van der Waals surface area (Å²) in [6.07, 6.45) is -1.32. The zero-order chi connectivity index (χ0) is 15.4. The molecule has 10 heteroatoms. The van der Waals surface area contributed by atoms with Crippen LogP contribution in [0.2, 0.25) is 0 Å². The molecule has 112 valence electrons.